The zero-order valence-electron chi connectivity index (χ0n) is 12.5. The summed E-state index contributed by atoms with van der Waals surface area (Å²) in [5.74, 6) is -27.5. The molecule has 4 nitrogen and oxygen atoms in total. The summed E-state index contributed by atoms with van der Waals surface area (Å²) in [6.07, 6.45) is -10.7. The first-order valence-electron chi connectivity index (χ1n) is 6.28. The molecule has 0 saturated carbocycles. The van der Waals surface area contributed by atoms with Gasteiger partial charge in [-0.25, -0.2) is 0 Å². The van der Waals surface area contributed by atoms with Gasteiger partial charge in [0.2, 0.25) is 5.83 Å². The van der Waals surface area contributed by atoms with Crippen LogP contribution in [0.3, 0.4) is 0 Å². The minimum absolute atomic E-state index is 0.144. The van der Waals surface area contributed by atoms with Crippen molar-refractivity contribution < 1.29 is 66.0 Å². The molecule has 0 amide bonds. The van der Waals surface area contributed by atoms with Gasteiger partial charge in [0.05, 0.1) is 4.90 Å². The highest BCUT2D eigenvalue weighted by Crippen LogP contribution is 2.55. The van der Waals surface area contributed by atoms with Crippen molar-refractivity contribution in [1.29, 1.82) is 0 Å². The van der Waals surface area contributed by atoms with E-state index in [1.807, 2.05) is 0 Å². The zero-order valence-corrected chi connectivity index (χ0v) is 13.4. The third kappa shape index (κ3) is 4.01. The van der Waals surface area contributed by atoms with Gasteiger partial charge < -0.3 is 4.74 Å². The quantitative estimate of drug-likeness (QED) is 0.471. The number of hydrogen-bond donors (Lipinski definition) is 1. The topological polar surface area (TPSA) is 63.6 Å². The van der Waals surface area contributed by atoms with E-state index in [2.05, 4.69) is 4.74 Å². The maximum Gasteiger partial charge on any atom is 0.471 e. The van der Waals surface area contributed by atoms with Gasteiger partial charge in [0.25, 0.3) is 10.1 Å². The van der Waals surface area contributed by atoms with Gasteiger partial charge in [-0.3, -0.25) is 4.55 Å². The molecule has 0 fully saturated rings. The molecule has 28 heavy (non-hydrogen) atoms. The zero-order chi connectivity index (χ0) is 22.3. The van der Waals surface area contributed by atoms with Crippen molar-refractivity contribution in [3.8, 4) is 5.75 Å². The fourth-order valence-electron chi connectivity index (χ4n) is 1.53. The van der Waals surface area contributed by atoms with E-state index in [-0.39, 0.29) is 24.3 Å². The lowest BCUT2D eigenvalue weighted by molar-refractivity contribution is -0.404. The van der Waals surface area contributed by atoms with Crippen LogP contribution in [-0.2, 0) is 10.1 Å². The maximum atomic E-state index is 13.4. The van der Waals surface area contributed by atoms with E-state index < -0.39 is 56.5 Å². The summed E-state index contributed by atoms with van der Waals surface area (Å²) >= 11 is 0. The highest BCUT2D eigenvalue weighted by molar-refractivity contribution is 7.85. The molecule has 0 aliphatic heterocycles. The second kappa shape index (κ2) is 7.06. The number of allylic oxidation sites excluding steroid dienone is 1. The summed E-state index contributed by atoms with van der Waals surface area (Å²) in [5, 5.41) is 0. The van der Waals surface area contributed by atoms with Crippen LogP contribution in [0.2, 0.25) is 0 Å². The van der Waals surface area contributed by atoms with Crippen LogP contribution in [-0.4, -0.2) is 36.8 Å². The summed E-state index contributed by atoms with van der Waals surface area (Å²) < 4.78 is 175. The molecular formula is C12H5F11O4S. The highest BCUT2D eigenvalue weighted by Gasteiger charge is 2.84. The first-order chi connectivity index (χ1) is 12.3. The first kappa shape index (κ1) is 23.9. The molecule has 0 aliphatic carbocycles. The van der Waals surface area contributed by atoms with Gasteiger partial charge in [0.1, 0.15) is 5.75 Å². The van der Waals surface area contributed by atoms with Gasteiger partial charge in [-0.15, -0.1) is 0 Å². The molecule has 0 atom stereocenters. The highest BCUT2D eigenvalue weighted by atomic mass is 32.2. The Bertz CT molecular complexity index is 858. The number of halogens is 11. The molecule has 0 saturated heterocycles. The number of hydrogen-bond acceptors (Lipinski definition) is 3. The van der Waals surface area contributed by atoms with E-state index in [9.17, 15) is 56.7 Å². The molecule has 1 aromatic carbocycles. The fraction of sp³-hybridized carbons (Fsp3) is 0.333. The third-order valence-electron chi connectivity index (χ3n) is 2.96. The van der Waals surface area contributed by atoms with Crippen molar-refractivity contribution in [2.75, 3.05) is 0 Å². The summed E-state index contributed by atoms with van der Waals surface area (Å²) in [6.45, 7) is 0. The Morgan fingerprint density at radius 3 is 1.61 bits per heavy atom. The van der Waals surface area contributed by atoms with Gasteiger partial charge in [-0.2, -0.15) is 56.7 Å². The third-order valence-corrected chi connectivity index (χ3v) is 3.83. The van der Waals surface area contributed by atoms with E-state index in [1.165, 1.54) is 0 Å². The van der Waals surface area contributed by atoms with Crippen molar-refractivity contribution in [1.82, 2.24) is 0 Å². The van der Waals surface area contributed by atoms with Gasteiger partial charge in [-0.05, 0) is 24.3 Å². The Hall–Kier alpha value is -2.10. The van der Waals surface area contributed by atoms with Crippen molar-refractivity contribution in [2.24, 2.45) is 0 Å². The molecule has 1 N–H and O–H groups in total. The molecule has 0 spiro atoms. The van der Waals surface area contributed by atoms with Crippen molar-refractivity contribution in [3.05, 3.63) is 36.2 Å². The molecule has 0 bridgehead atoms. The molecule has 0 radical (unpaired) electrons. The minimum atomic E-state index is -7.40. The lowest BCUT2D eigenvalue weighted by Crippen LogP contribution is -2.64. The van der Waals surface area contributed by atoms with Gasteiger partial charge in [0, 0.05) is 0 Å². The normalized spacial score (nSPS) is 14.0. The van der Waals surface area contributed by atoms with Crippen LogP contribution in [0.15, 0.2) is 41.1 Å². The summed E-state index contributed by atoms with van der Waals surface area (Å²) in [5.41, 5.74) is 0. The molecule has 160 valence electrons. The van der Waals surface area contributed by atoms with Crippen LogP contribution in [0.5, 0.6) is 5.75 Å². The molecular weight excluding hydrogens is 449 g/mol. The van der Waals surface area contributed by atoms with Crippen LogP contribution in [0, 0.1) is 0 Å². The lowest BCUT2D eigenvalue weighted by atomic mass is 10.0. The Kier molecular flexibility index (Phi) is 6.03. The Morgan fingerprint density at radius 2 is 1.25 bits per heavy atom. The maximum absolute atomic E-state index is 13.4. The fourth-order valence-corrected chi connectivity index (χ4v) is 2.01. The van der Waals surface area contributed by atoms with Crippen molar-refractivity contribution >= 4 is 10.1 Å². The first-order valence-corrected chi connectivity index (χ1v) is 7.72. The molecule has 0 aromatic heterocycles. The van der Waals surface area contributed by atoms with Crippen LogP contribution < -0.4 is 4.74 Å². The molecule has 0 heterocycles. The molecule has 16 heteroatoms. The number of ether oxygens (including phenoxy) is 1. The minimum Gasteiger partial charge on any atom is -0.428 e. The molecule has 0 aliphatic rings. The summed E-state index contributed by atoms with van der Waals surface area (Å²) in [7, 11) is -4.88. The van der Waals surface area contributed by atoms with Crippen molar-refractivity contribution in [3.63, 3.8) is 0 Å². The monoisotopic (exact) mass is 454 g/mol. The Labute approximate surface area is 147 Å². The van der Waals surface area contributed by atoms with Gasteiger partial charge in [0.15, 0.2) is 0 Å². The van der Waals surface area contributed by atoms with E-state index in [0.717, 1.165) is 0 Å². The number of alkyl halides is 8. The standard InChI is InChI=1S/C12H5F11O4S/c13-7(8(14)15)9(16,17)10(18,19)11(20,21)12(22,23)27-5-1-3-6(4-2-5)28(24,25)26/h1-4H,(H,24,25,26). The van der Waals surface area contributed by atoms with Crippen LogP contribution in [0.4, 0.5) is 48.3 Å². The molecule has 1 rings (SSSR count). The predicted molar refractivity (Wildman–Crippen MR) is 67.0 cm³/mol. The van der Waals surface area contributed by atoms with E-state index in [0.29, 0.717) is 0 Å². The van der Waals surface area contributed by atoms with Crippen molar-refractivity contribution in [2.45, 2.75) is 28.8 Å². The average molecular weight is 454 g/mol. The summed E-state index contributed by atoms with van der Waals surface area (Å²) in [4.78, 5) is -0.975. The Balaban J connectivity index is 3.32. The smallest absolute Gasteiger partial charge is 0.428 e. The Morgan fingerprint density at radius 1 is 0.821 bits per heavy atom. The SMILES string of the molecule is O=S(=O)(O)c1ccc(OC(F)(F)C(F)(F)C(F)(F)C(F)(F)C(F)=C(F)F)cc1. The van der Waals surface area contributed by atoms with Crippen LogP contribution in [0.1, 0.15) is 0 Å². The largest absolute Gasteiger partial charge is 0.471 e. The summed E-state index contributed by atoms with van der Waals surface area (Å²) in [6, 6.07) is 0.856. The lowest BCUT2D eigenvalue weighted by Gasteiger charge is -2.35. The van der Waals surface area contributed by atoms with Gasteiger partial charge in [-0.1, -0.05) is 0 Å². The predicted octanol–water partition coefficient (Wildman–Crippen LogP) is 4.89. The van der Waals surface area contributed by atoms with Crippen LogP contribution >= 0.6 is 0 Å². The van der Waals surface area contributed by atoms with E-state index >= 15 is 0 Å². The average Bonchev–Trinajstić information content (AvgIpc) is 2.52. The van der Waals surface area contributed by atoms with E-state index in [1.54, 1.807) is 0 Å². The second-order valence-corrected chi connectivity index (χ2v) is 6.28. The van der Waals surface area contributed by atoms with E-state index in [4.69, 9.17) is 4.55 Å². The number of rotatable bonds is 7. The number of benzene rings is 1. The molecule has 0 unspecified atom stereocenters. The van der Waals surface area contributed by atoms with Gasteiger partial charge >= 0.3 is 30.0 Å². The molecule has 1 aromatic rings. The second-order valence-electron chi connectivity index (χ2n) is 4.86. The van der Waals surface area contributed by atoms with Crippen LogP contribution in [0.25, 0.3) is 0 Å².